The van der Waals surface area contributed by atoms with Gasteiger partial charge in [-0.15, -0.1) is 0 Å². The fourth-order valence-electron chi connectivity index (χ4n) is 2.78. The lowest BCUT2D eigenvalue weighted by atomic mass is 9.75. The third-order valence-electron chi connectivity index (χ3n) is 3.78. The van der Waals surface area contributed by atoms with E-state index in [1.54, 1.807) is 18.2 Å². The van der Waals surface area contributed by atoms with E-state index in [2.05, 4.69) is 5.32 Å². The fourth-order valence-corrected chi connectivity index (χ4v) is 2.78. The van der Waals surface area contributed by atoms with Crippen molar-refractivity contribution in [3.63, 3.8) is 0 Å². The van der Waals surface area contributed by atoms with Crippen LogP contribution in [0.3, 0.4) is 0 Å². The molecule has 1 amide bonds. The average Bonchev–Trinajstić information content (AvgIpc) is 2.43. The van der Waals surface area contributed by atoms with Crippen molar-refractivity contribution in [3.05, 3.63) is 29.3 Å². The quantitative estimate of drug-likeness (QED) is 0.892. The summed E-state index contributed by atoms with van der Waals surface area (Å²) in [5, 5.41) is 2.33. The van der Waals surface area contributed by atoms with Crippen molar-refractivity contribution in [2.24, 2.45) is 5.73 Å². The van der Waals surface area contributed by atoms with Gasteiger partial charge in [-0.1, -0.05) is 6.07 Å². The number of rotatable bonds is 4. The number of carbonyl (C=O) groups is 1. The molecule has 1 unspecified atom stereocenters. The van der Waals surface area contributed by atoms with E-state index in [-0.39, 0.29) is 6.42 Å². The van der Waals surface area contributed by atoms with Crippen LogP contribution in [0.4, 0.5) is 13.2 Å². The second-order valence-corrected chi connectivity index (χ2v) is 5.11. The number of methoxy groups -OCH3 is 1. The number of nitrogens with one attached hydrogen (secondary N) is 1. The highest BCUT2D eigenvalue weighted by atomic mass is 19.4. The van der Waals surface area contributed by atoms with E-state index in [1.807, 2.05) is 0 Å². The van der Waals surface area contributed by atoms with Gasteiger partial charge in [-0.3, -0.25) is 10.1 Å². The maximum atomic E-state index is 12.5. The van der Waals surface area contributed by atoms with Crippen LogP contribution in [-0.4, -0.2) is 25.7 Å². The molecule has 0 fully saturated rings. The molecule has 2 rings (SSSR count). The lowest BCUT2D eigenvalue weighted by Crippen LogP contribution is -2.56. The van der Waals surface area contributed by atoms with Gasteiger partial charge < -0.3 is 10.5 Å². The summed E-state index contributed by atoms with van der Waals surface area (Å²) in [5.41, 5.74) is 5.23. The van der Waals surface area contributed by atoms with Crippen molar-refractivity contribution in [2.75, 3.05) is 13.7 Å². The number of fused-ring (bicyclic) bond motifs is 1. The minimum absolute atomic E-state index is 0.248. The standard InChI is InChI=1S/C14H17F3N2O2/c1-21-10-4-5-11-9(7-10)3-2-6-13(11,12(18)20)19-8-14(15,16)17/h4-5,7,19H,2-3,6,8H2,1H3,(H2,18,20). The molecule has 1 aliphatic rings. The molecule has 1 aromatic rings. The SMILES string of the molecule is COc1ccc2c(c1)CCCC2(NCC(F)(F)F)C(N)=O. The molecule has 21 heavy (non-hydrogen) atoms. The number of ether oxygens (including phenoxy) is 1. The number of alkyl halides is 3. The molecule has 1 aliphatic carbocycles. The Morgan fingerprint density at radius 3 is 2.76 bits per heavy atom. The first-order valence-electron chi connectivity index (χ1n) is 6.57. The summed E-state index contributed by atoms with van der Waals surface area (Å²) in [5.74, 6) is -0.192. The first-order chi connectivity index (χ1) is 9.78. The molecule has 0 heterocycles. The normalized spacial score (nSPS) is 21.7. The summed E-state index contributed by atoms with van der Waals surface area (Å²) >= 11 is 0. The number of nitrogens with two attached hydrogens (primary N) is 1. The van der Waals surface area contributed by atoms with Gasteiger partial charge in [0.1, 0.15) is 11.3 Å². The van der Waals surface area contributed by atoms with Crippen molar-refractivity contribution < 1.29 is 22.7 Å². The Hall–Kier alpha value is -1.76. The monoisotopic (exact) mass is 302 g/mol. The van der Waals surface area contributed by atoms with Gasteiger partial charge in [-0.25, -0.2) is 0 Å². The molecule has 0 radical (unpaired) electrons. The van der Waals surface area contributed by atoms with Gasteiger partial charge in [0.05, 0.1) is 13.7 Å². The number of hydrogen-bond donors (Lipinski definition) is 2. The second-order valence-electron chi connectivity index (χ2n) is 5.11. The van der Waals surface area contributed by atoms with Crippen molar-refractivity contribution in [1.82, 2.24) is 5.32 Å². The summed E-state index contributed by atoms with van der Waals surface area (Å²) in [6.07, 6.45) is -2.91. The van der Waals surface area contributed by atoms with Gasteiger partial charge in [-0.2, -0.15) is 13.2 Å². The predicted molar refractivity (Wildman–Crippen MR) is 70.9 cm³/mol. The molecular formula is C14H17F3N2O2. The van der Waals surface area contributed by atoms with Gasteiger partial charge >= 0.3 is 6.18 Å². The van der Waals surface area contributed by atoms with Crippen LogP contribution in [-0.2, 0) is 16.8 Å². The molecular weight excluding hydrogens is 285 g/mol. The molecule has 3 N–H and O–H groups in total. The van der Waals surface area contributed by atoms with Crippen LogP contribution < -0.4 is 15.8 Å². The number of amides is 1. The summed E-state index contributed by atoms with van der Waals surface area (Å²) in [4.78, 5) is 11.9. The number of benzene rings is 1. The van der Waals surface area contributed by atoms with E-state index in [1.165, 1.54) is 7.11 Å². The fraction of sp³-hybridized carbons (Fsp3) is 0.500. The Morgan fingerprint density at radius 1 is 1.48 bits per heavy atom. The van der Waals surface area contributed by atoms with Crippen LogP contribution in [0.15, 0.2) is 18.2 Å². The highest BCUT2D eigenvalue weighted by molar-refractivity contribution is 5.87. The summed E-state index contributed by atoms with van der Waals surface area (Å²) < 4.78 is 42.6. The van der Waals surface area contributed by atoms with Crippen molar-refractivity contribution in [3.8, 4) is 5.75 Å². The zero-order valence-corrected chi connectivity index (χ0v) is 11.6. The maximum absolute atomic E-state index is 12.5. The van der Waals surface area contributed by atoms with E-state index in [0.717, 1.165) is 5.56 Å². The summed E-state index contributed by atoms with van der Waals surface area (Å²) in [6, 6.07) is 4.97. The number of primary amides is 1. The van der Waals surface area contributed by atoms with E-state index < -0.39 is 24.2 Å². The van der Waals surface area contributed by atoms with E-state index in [9.17, 15) is 18.0 Å². The van der Waals surface area contributed by atoms with E-state index in [4.69, 9.17) is 10.5 Å². The molecule has 0 aromatic heterocycles. The lowest BCUT2D eigenvalue weighted by molar-refractivity contribution is -0.137. The number of hydrogen-bond acceptors (Lipinski definition) is 3. The molecule has 0 saturated heterocycles. The zero-order valence-electron chi connectivity index (χ0n) is 11.6. The third kappa shape index (κ3) is 3.12. The molecule has 116 valence electrons. The Labute approximate surface area is 120 Å². The Balaban J connectivity index is 2.42. The minimum Gasteiger partial charge on any atom is -0.497 e. The number of carbonyl (C=O) groups excluding carboxylic acids is 1. The smallest absolute Gasteiger partial charge is 0.401 e. The van der Waals surface area contributed by atoms with Crippen molar-refractivity contribution in [2.45, 2.75) is 31.0 Å². The van der Waals surface area contributed by atoms with Crippen LogP contribution in [0.2, 0.25) is 0 Å². The first kappa shape index (κ1) is 15.6. The average molecular weight is 302 g/mol. The van der Waals surface area contributed by atoms with Crippen molar-refractivity contribution >= 4 is 5.91 Å². The van der Waals surface area contributed by atoms with Gasteiger partial charge in [0.2, 0.25) is 5.91 Å². The van der Waals surface area contributed by atoms with Crippen molar-refractivity contribution in [1.29, 1.82) is 0 Å². The van der Waals surface area contributed by atoms with Crippen LogP contribution >= 0.6 is 0 Å². The highest BCUT2D eigenvalue weighted by Gasteiger charge is 2.44. The summed E-state index contributed by atoms with van der Waals surface area (Å²) in [7, 11) is 1.51. The van der Waals surface area contributed by atoms with Crippen LogP contribution in [0.1, 0.15) is 24.0 Å². The minimum atomic E-state index is -4.41. The largest absolute Gasteiger partial charge is 0.497 e. The van der Waals surface area contributed by atoms with Gasteiger partial charge in [0.25, 0.3) is 0 Å². The molecule has 7 heteroatoms. The highest BCUT2D eigenvalue weighted by Crippen LogP contribution is 2.37. The Morgan fingerprint density at radius 2 is 2.19 bits per heavy atom. The van der Waals surface area contributed by atoms with Gasteiger partial charge in [0.15, 0.2) is 0 Å². The number of aryl methyl sites for hydroxylation is 1. The third-order valence-corrected chi connectivity index (χ3v) is 3.78. The molecule has 0 aliphatic heterocycles. The first-order valence-corrected chi connectivity index (χ1v) is 6.57. The van der Waals surface area contributed by atoms with E-state index in [0.29, 0.717) is 24.2 Å². The molecule has 1 atom stereocenters. The predicted octanol–water partition coefficient (Wildman–Crippen LogP) is 1.86. The number of halogens is 3. The molecule has 0 spiro atoms. The second kappa shape index (κ2) is 5.55. The van der Waals surface area contributed by atoms with Crippen LogP contribution in [0.5, 0.6) is 5.75 Å². The van der Waals surface area contributed by atoms with Gasteiger partial charge in [-0.05, 0) is 42.5 Å². The summed E-state index contributed by atoms with van der Waals surface area (Å²) in [6.45, 7) is -1.26. The molecule has 4 nitrogen and oxygen atoms in total. The molecule has 0 saturated carbocycles. The van der Waals surface area contributed by atoms with E-state index >= 15 is 0 Å². The Bertz CT molecular complexity index is 546. The topological polar surface area (TPSA) is 64.3 Å². The zero-order chi connectivity index (χ0) is 15.7. The lowest BCUT2D eigenvalue weighted by Gasteiger charge is -2.37. The molecule has 0 bridgehead atoms. The Kier molecular flexibility index (Phi) is 4.13. The van der Waals surface area contributed by atoms with Gasteiger partial charge in [0, 0.05) is 0 Å². The van der Waals surface area contributed by atoms with Crippen LogP contribution in [0, 0.1) is 0 Å². The molecule has 1 aromatic carbocycles. The van der Waals surface area contributed by atoms with Crippen LogP contribution in [0.25, 0.3) is 0 Å². The maximum Gasteiger partial charge on any atom is 0.401 e.